The third kappa shape index (κ3) is 3.50. The van der Waals surface area contributed by atoms with Gasteiger partial charge in [0.25, 0.3) is 0 Å². The molecule has 0 spiro atoms. The summed E-state index contributed by atoms with van der Waals surface area (Å²) in [4.78, 5) is 12.2. The van der Waals surface area contributed by atoms with Gasteiger partial charge >= 0.3 is 5.97 Å². The van der Waals surface area contributed by atoms with Crippen molar-refractivity contribution in [1.29, 1.82) is 0 Å². The Hall–Kier alpha value is -2.16. The molecule has 2 aromatic rings. The van der Waals surface area contributed by atoms with Gasteiger partial charge < -0.3 is 4.74 Å². The fourth-order valence-electron chi connectivity index (χ4n) is 3.22. The van der Waals surface area contributed by atoms with Crippen LogP contribution in [0.5, 0.6) is 5.75 Å². The summed E-state index contributed by atoms with van der Waals surface area (Å²) < 4.78 is 19.3. The third-order valence-corrected chi connectivity index (χ3v) is 4.72. The Morgan fingerprint density at radius 1 is 1.08 bits per heavy atom. The van der Waals surface area contributed by atoms with Crippen LogP contribution >= 0.6 is 0 Å². The molecule has 3 heteroatoms. The first-order valence-corrected chi connectivity index (χ1v) is 8.66. The highest BCUT2D eigenvalue weighted by molar-refractivity contribution is 5.78. The Bertz CT molecular complexity index is 734. The first-order valence-electron chi connectivity index (χ1n) is 8.66. The quantitative estimate of drug-likeness (QED) is 0.583. The fourth-order valence-corrected chi connectivity index (χ4v) is 3.22. The summed E-state index contributed by atoms with van der Waals surface area (Å²) in [6.45, 7) is 3.85. The van der Waals surface area contributed by atoms with Crippen LogP contribution in [0.2, 0.25) is 0 Å². The Kier molecular flexibility index (Phi) is 4.98. The highest BCUT2D eigenvalue weighted by Gasteiger charge is 2.30. The number of carbonyl (C=O) groups excluding carboxylic acids is 1. The highest BCUT2D eigenvalue weighted by Crippen LogP contribution is 2.33. The monoisotopic (exact) mass is 326 g/mol. The van der Waals surface area contributed by atoms with Crippen molar-refractivity contribution in [3.63, 3.8) is 0 Å². The normalized spacial score (nSPS) is 16.6. The zero-order valence-electron chi connectivity index (χ0n) is 14.3. The van der Waals surface area contributed by atoms with Crippen LogP contribution in [0.1, 0.15) is 42.0 Å². The van der Waals surface area contributed by atoms with Gasteiger partial charge in [0.2, 0.25) is 0 Å². The summed E-state index contributed by atoms with van der Waals surface area (Å²) in [7, 11) is 0. The van der Waals surface area contributed by atoms with E-state index in [1.54, 1.807) is 13.0 Å². The van der Waals surface area contributed by atoms with Crippen LogP contribution in [0.3, 0.4) is 0 Å². The van der Waals surface area contributed by atoms with Gasteiger partial charge in [0.15, 0.2) is 11.6 Å². The van der Waals surface area contributed by atoms with Gasteiger partial charge in [-0.1, -0.05) is 49.7 Å². The molecule has 1 unspecified atom stereocenters. The SMILES string of the molecule is CCCc1ccc(CCC2Cc3ccc(C)c(F)c3OC2=O)cc1. The van der Waals surface area contributed by atoms with Gasteiger partial charge in [0, 0.05) is 0 Å². The minimum Gasteiger partial charge on any atom is -0.423 e. The standard InChI is InChI=1S/C21H23FO2/c1-3-4-15-6-8-16(9-7-15)10-12-18-13-17-11-5-14(2)19(22)20(17)24-21(18)23/h5-9,11,18H,3-4,10,12-13H2,1-2H3. The molecule has 0 amide bonds. The van der Waals surface area contributed by atoms with Gasteiger partial charge in [0.1, 0.15) is 0 Å². The zero-order valence-corrected chi connectivity index (χ0v) is 14.3. The number of hydrogen-bond donors (Lipinski definition) is 0. The van der Waals surface area contributed by atoms with Gasteiger partial charge in [0.05, 0.1) is 5.92 Å². The van der Waals surface area contributed by atoms with E-state index in [4.69, 9.17) is 4.74 Å². The van der Waals surface area contributed by atoms with Crippen molar-refractivity contribution >= 4 is 5.97 Å². The lowest BCUT2D eigenvalue weighted by molar-refractivity contribution is -0.140. The number of hydrogen-bond acceptors (Lipinski definition) is 2. The number of carbonyl (C=O) groups is 1. The number of rotatable bonds is 5. The van der Waals surface area contributed by atoms with Crippen LogP contribution in [0.15, 0.2) is 36.4 Å². The predicted octanol–water partition coefficient (Wildman–Crippen LogP) is 4.80. The molecule has 0 radical (unpaired) electrons. The van der Waals surface area contributed by atoms with Gasteiger partial charge in [-0.05, 0) is 54.9 Å². The second kappa shape index (κ2) is 7.16. The van der Waals surface area contributed by atoms with Crippen molar-refractivity contribution in [2.24, 2.45) is 5.92 Å². The summed E-state index contributed by atoms with van der Waals surface area (Å²) in [5.41, 5.74) is 3.87. The molecule has 0 bridgehead atoms. The minimum atomic E-state index is -0.411. The molecule has 0 saturated heterocycles. The van der Waals surface area contributed by atoms with E-state index >= 15 is 0 Å². The second-order valence-electron chi connectivity index (χ2n) is 6.61. The molecule has 1 heterocycles. The van der Waals surface area contributed by atoms with Crippen molar-refractivity contribution < 1.29 is 13.9 Å². The number of fused-ring (bicyclic) bond motifs is 1. The Morgan fingerprint density at radius 3 is 2.42 bits per heavy atom. The largest absolute Gasteiger partial charge is 0.423 e. The molecule has 0 N–H and O–H groups in total. The van der Waals surface area contributed by atoms with Crippen LogP contribution in [0.25, 0.3) is 0 Å². The van der Waals surface area contributed by atoms with Crippen molar-refractivity contribution in [3.05, 3.63) is 64.5 Å². The lowest BCUT2D eigenvalue weighted by Crippen LogP contribution is -2.28. The lowest BCUT2D eigenvalue weighted by Gasteiger charge is -2.24. The van der Waals surface area contributed by atoms with E-state index in [2.05, 4.69) is 31.2 Å². The summed E-state index contributed by atoms with van der Waals surface area (Å²) in [5, 5.41) is 0. The topological polar surface area (TPSA) is 26.3 Å². The average molecular weight is 326 g/mol. The second-order valence-corrected chi connectivity index (χ2v) is 6.61. The van der Waals surface area contributed by atoms with Crippen LogP contribution in [-0.2, 0) is 24.1 Å². The smallest absolute Gasteiger partial charge is 0.314 e. The number of aryl methyl sites for hydroxylation is 3. The van der Waals surface area contributed by atoms with Crippen molar-refractivity contribution in [3.8, 4) is 5.75 Å². The summed E-state index contributed by atoms with van der Waals surface area (Å²) in [6, 6.07) is 12.2. The van der Waals surface area contributed by atoms with E-state index in [9.17, 15) is 9.18 Å². The minimum absolute atomic E-state index is 0.125. The third-order valence-electron chi connectivity index (χ3n) is 4.72. The van der Waals surface area contributed by atoms with E-state index in [-0.39, 0.29) is 17.6 Å². The molecule has 1 aliphatic heterocycles. The van der Waals surface area contributed by atoms with Crippen LogP contribution in [-0.4, -0.2) is 5.97 Å². The first-order chi connectivity index (χ1) is 11.6. The van der Waals surface area contributed by atoms with Gasteiger partial charge in [-0.3, -0.25) is 4.79 Å². The summed E-state index contributed by atoms with van der Waals surface area (Å²) >= 11 is 0. The summed E-state index contributed by atoms with van der Waals surface area (Å²) in [6.07, 6.45) is 4.34. The maximum Gasteiger partial charge on any atom is 0.314 e. The molecule has 0 fully saturated rings. The first kappa shape index (κ1) is 16.7. The predicted molar refractivity (Wildman–Crippen MR) is 92.7 cm³/mol. The van der Waals surface area contributed by atoms with Crippen molar-refractivity contribution in [2.75, 3.05) is 0 Å². The molecule has 0 aromatic heterocycles. The molecular weight excluding hydrogens is 303 g/mol. The highest BCUT2D eigenvalue weighted by atomic mass is 19.1. The van der Waals surface area contributed by atoms with Crippen LogP contribution in [0.4, 0.5) is 4.39 Å². The van der Waals surface area contributed by atoms with E-state index < -0.39 is 5.82 Å². The Labute approximate surface area is 142 Å². The molecule has 2 aromatic carbocycles. The number of esters is 1. The summed E-state index contributed by atoms with van der Waals surface area (Å²) in [5.74, 6) is -0.796. The number of benzene rings is 2. The molecule has 1 atom stereocenters. The van der Waals surface area contributed by atoms with Crippen LogP contribution < -0.4 is 4.74 Å². The zero-order chi connectivity index (χ0) is 17.1. The number of ether oxygens (including phenoxy) is 1. The number of halogens is 1. The van der Waals surface area contributed by atoms with Gasteiger partial charge in [-0.2, -0.15) is 0 Å². The fraction of sp³-hybridized carbons (Fsp3) is 0.381. The maximum absolute atomic E-state index is 14.1. The molecule has 0 saturated carbocycles. The van der Waals surface area contributed by atoms with Crippen molar-refractivity contribution in [2.45, 2.75) is 46.0 Å². The van der Waals surface area contributed by atoms with Gasteiger partial charge in [-0.25, -0.2) is 4.39 Å². The lowest BCUT2D eigenvalue weighted by atomic mass is 9.90. The van der Waals surface area contributed by atoms with E-state index in [0.29, 0.717) is 12.0 Å². The molecule has 0 aliphatic carbocycles. The van der Waals surface area contributed by atoms with E-state index in [0.717, 1.165) is 31.2 Å². The molecule has 3 rings (SSSR count). The molecule has 2 nitrogen and oxygen atoms in total. The van der Waals surface area contributed by atoms with E-state index in [1.165, 1.54) is 11.1 Å². The molecule has 126 valence electrons. The Balaban J connectivity index is 1.65. The van der Waals surface area contributed by atoms with Crippen LogP contribution in [0, 0.1) is 18.7 Å². The molecule has 24 heavy (non-hydrogen) atoms. The van der Waals surface area contributed by atoms with E-state index in [1.807, 2.05) is 6.07 Å². The molecular formula is C21H23FO2. The maximum atomic E-state index is 14.1. The molecule has 1 aliphatic rings. The average Bonchev–Trinajstić information content (AvgIpc) is 2.59. The van der Waals surface area contributed by atoms with Gasteiger partial charge in [-0.15, -0.1) is 0 Å². The van der Waals surface area contributed by atoms with Crippen molar-refractivity contribution in [1.82, 2.24) is 0 Å². The Morgan fingerprint density at radius 2 is 1.75 bits per heavy atom.